The van der Waals surface area contributed by atoms with Crippen molar-refractivity contribution in [1.29, 1.82) is 0 Å². The zero-order valence-corrected chi connectivity index (χ0v) is 12.6. The van der Waals surface area contributed by atoms with E-state index in [2.05, 4.69) is 4.99 Å². The Hall–Kier alpha value is -1.57. The summed E-state index contributed by atoms with van der Waals surface area (Å²) in [6, 6.07) is 9.68. The summed E-state index contributed by atoms with van der Waals surface area (Å²) >= 11 is 0. The van der Waals surface area contributed by atoms with Gasteiger partial charge < -0.3 is 4.74 Å². The number of aliphatic imine (C=N–C) groups is 1. The summed E-state index contributed by atoms with van der Waals surface area (Å²) in [4.78, 5) is 4.17. The van der Waals surface area contributed by atoms with Crippen LogP contribution in [0.1, 0.15) is 48.0 Å². The summed E-state index contributed by atoms with van der Waals surface area (Å²) in [5, 5.41) is 0. The van der Waals surface area contributed by atoms with Crippen molar-refractivity contribution in [2.75, 3.05) is 0 Å². The Kier molecular flexibility index (Phi) is 16.1. The molecule has 0 aliphatic rings. The Morgan fingerprint density at radius 1 is 1.11 bits per heavy atom. The molecule has 0 radical (unpaired) electrons. The molecule has 0 heterocycles. The molecular formula is C16H27NO. The first kappa shape index (κ1) is 18.8. The normalized spacial score (nSPS) is 10.0. The maximum atomic E-state index is 5.56. The van der Waals surface area contributed by atoms with E-state index in [0.717, 1.165) is 18.1 Å². The number of allylic oxidation sites excluding steroid dienone is 1. The minimum atomic E-state index is 0.731. The molecule has 0 N–H and O–H groups in total. The van der Waals surface area contributed by atoms with Gasteiger partial charge in [0.15, 0.2) is 5.90 Å². The third-order valence-corrected chi connectivity index (χ3v) is 1.65. The molecule has 0 bridgehead atoms. The van der Waals surface area contributed by atoms with Gasteiger partial charge in [-0.25, -0.2) is 4.99 Å². The monoisotopic (exact) mass is 249 g/mol. The Morgan fingerprint density at radius 3 is 2.11 bits per heavy atom. The van der Waals surface area contributed by atoms with Gasteiger partial charge in [-0.1, -0.05) is 58.9 Å². The molecule has 2 nitrogen and oxygen atoms in total. The summed E-state index contributed by atoms with van der Waals surface area (Å²) in [5.74, 6) is 1.56. The summed E-state index contributed by atoms with van der Waals surface area (Å²) < 4.78 is 5.56. The van der Waals surface area contributed by atoms with Gasteiger partial charge in [0.25, 0.3) is 0 Å². The number of ether oxygens (including phenoxy) is 1. The first-order valence-corrected chi connectivity index (χ1v) is 6.77. The maximum absolute atomic E-state index is 5.56. The van der Waals surface area contributed by atoms with E-state index >= 15 is 0 Å². The van der Waals surface area contributed by atoms with E-state index < -0.39 is 0 Å². The van der Waals surface area contributed by atoms with E-state index in [9.17, 15) is 0 Å². The predicted octanol–water partition coefficient (Wildman–Crippen LogP) is 5.46. The summed E-state index contributed by atoms with van der Waals surface area (Å²) in [7, 11) is 0. The molecular weight excluding hydrogens is 222 g/mol. The van der Waals surface area contributed by atoms with Crippen molar-refractivity contribution in [3.8, 4) is 5.75 Å². The highest BCUT2D eigenvalue weighted by Crippen LogP contribution is 2.09. The van der Waals surface area contributed by atoms with E-state index in [1.54, 1.807) is 6.20 Å². The topological polar surface area (TPSA) is 21.6 Å². The summed E-state index contributed by atoms with van der Waals surface area (Å²) in [5.41, 5.74) is 0. The van der Waals surface area contributed by atoms with Crippen LogP contribution in [-0.4, -0.2) is 5.90 Å². The van der Waals surface area contributed by atoms with Gasteiger partial charge in [0.05, 0.1) is 0 Å². The molecule has 1 aromatic carbocycles. The Labute approximate surface area is 112 Å². The fourth-order valence-corrected chi connectivity index (χ4v) is 0.972. The number of para-hydroxylation sites is 1. The molecule has 1 aromatic rings. The average Bonchev–Trinajstić information content (AvgIpc) is 2.48. The lowest BCUT2D eigenvalue weighted by Crippen LogP contribution is -2.05. The van der Waals surface area contributed by atoms with E-state index in [0.29, 0.717) is 0 Å². The fraction of sp³-hybridized carbons (Fsp3) is 0.438. The van der Waals surface area contributed by atoms with Crippen LogP contribution in [-0.2, 0) is 0 Å². The standard InChI is InChI=1S/C12H15NO.2C2H6/c1-3-10-13-12(4-2)14-11-8-6-5-7-9-11;2*1-2/h3,5-10H,4H2,1-2H3;2*1-2H3/b10-3-,13-12?;;. The van der Waals surface area contributed by atoms with Gasteiger partial charge >= 0.3 is 0 Å². The lowest BCUT2D eigenvalue weighted by molar-refractivity contribution is 0.536. The average molecular weight is 249 g/mol. The third-order valence-electron chi connectivity index (χ3n) is 1.65. The van der Waals surface area contributed by atoms with Crippen LogP contribution in [0.2, 0.25) is 0 Å². The lowest BCUT2D eigenvalue weighted by Gasteiger charge is -2.05. The zero-order chi connectivity index (χ0) is 14.2. The van der Waals surface area contributed by atoms with E-state index in [-0.39, 0.29) is 0 Å². The zero-order valence-electron chi connectivity index (χ0n) is 12.6. The molecule has 0 saturated heterocycles. The second-order valence-corrected chi connectivity index (χ2v) is 2.77. The first-order valence-electron chi connectivity index (χ1n) is 6.77. The third kappa shape index (κ3) is 9.64. The minimum absolute atomic E-state index is 0.731. The van der Waals surface area contributed by atoms with Crippen LogP contribution in [0, 0.1) is 0 Å². The van der Waals surface area contributed by atoms with Crippen LogP contribution in [0.25, 0.3) is 0 Å². The number of benzene rings is 1. The molecule has 2 heteroatoms. The van der Waals surface area contributed by atoms with Crippen LogP contribution in [0.15, 0.2) is 47.6 Å². The van der Waals surface area contributed by atoms with Gasteiger partial charge in [0, 0.05) is 12.6 Å². The first-order chi connectivity index (χ1) is 8.86. The summed E-state index contributed by atoms with van der Waals surface area (Å²) in [6.45, 7) is 11.9. The smallest absolute Gasteiger partial charge is 0.194 e. The highest BCUT2D eigenvalue weighted by Gasteiger charge is 1.97. The van der Waals surface area contributed by atoms with E-state index in [1.807, 2.05) is 78.0 Å². The molecule has 18 heavy (non-hydrogen) atoms. The molecule has 0 aliphatic carbocycles. The Morgan fingerprint density at radius 2 is 1.67 bits per heavy atom. The molecule has 0 aliphatic heterocycles. The number of nitrogens with zero attached hydrogens (tertiary/aromatic N) is 1. The van der Waals surface area contributed by atoms with Crippen molar-refractivity contribution in [1.82, 2.24) is 0 Å². The molecule has 0 unspecified atom stereocenters. The quantitative estimate of drug-likeness (QED) is 0.515. The van der Waals surface area contributed by atoms with Crippen LogP contribution in [0.4, 0.5) is 0 Å². The van der Waals surface area contributed by atoms with Gasteiger partial charge in [-0.2, -0.15) is 0 Å². The second-order valence-electron chi connectivity index (χ2n) is 2.77. The van der Waals surface area contributed by atoms with Crippen LogP contribution < -0.4 is 4.74 Å². The molecule has 0 fully saturated rings. The van der Waals surface area contributed by atoms with Crippen molar-refractivity contribution < 1.29 is 4.74 Å². The summed E-state index contributed by atoms with van der Waals surface area (Å²) in [6.07, 6.45) is 4.41. The largest absolute Gasteiger partial charge is 0.443 e. The SMILES string of the molecule is C/C=C\N=C(CC)Oc1ccccc1.CC.CC. The lowest BCUT2D eigenvalue weighted by atomic mass is 10.3. The van der Waals surface area contributed by atoms with Crippen LogP contribution in [0.3, 0.4) is 0 Å². The molecule has 0 atom stereocenters. The molecule has 0 saturated carbocycles. The predicted molar refractivity (Wildman–Crippen MR) is 82.3 cm³/mol. The molecule has 1 rings (SSSR count). The van der Waals surface area contributed by atoms with Gasteiger partial charge in [0.1, 0.15) is 5.75 Å². The van der Waals surface area contributed by atoms with Crippen molar-refractivity contribution in [3.63, 3.8) is 0 Å². The van der Waals surface area contributed by atoms with Crippen molar-refractivity contribution in [2.45, 2.75) is 48.0 Å². The second kappa shape index (κ2) is 15.4. The van der Waals surface area contributed by atoms with Crippen molar-refractivity contribution in [3.05, 3.63) is 42.6 Å². The molecule has 0 spiro atoms. The van der Waals surface area contributed by atoms with E-state index in [1.165, 1.54) is 0 Å². The number of hydrogen-bond donors (Lipinski definition) is 0. The highest BCUT2D eigenvalue weighted by atomic mass is 16.5. The van der Waals surface area contributed by atoms with Crippen LogP contribution >= 0.6 is 0 Å². The van der Waals surface area contributed by atoms with Gasteiger partial charge in [-0.3, -0.25) is 0 Å². The van der Waals surface area contributed by atoms with E-state index in [4.69, 9.17) is 4.74 Å². The van der Waals surface area contributed by atoms with Crippen molar-refractivity contribution in [2.24, 2.45) is 4.99 Å². The number of hydrogen-bond acceptors (Lipinski definition) is 2. The molecule has 0 amide bonds. The van der Waals surface area contributed by atoms with Gasteiger partial charge in [-0.05, 0) is 19.1 Å². The fourth-order valence-electron chi connectivity index (χ4n) is 0.972. The van der Waals surface area contributed by atoms with Crippen molar-refractivity contribution >= 4 is 5.90 Å². The Bertz CT molecular complexity index is 315. The van der Waals surface area contributed by atoms with Crippen LogP contribution in [0.5, 0.6) is 5.75 Å². The highest BCUT2D eigenvalue weighted by molar-refractivity contribution is 5.78. The van der Waals surface area contributed by atoms with Gasteiger partial charge in [-0.15, -0.1) is 0 Å². The molecule has 102 valence electrons. The number of rotatable bonds is 3. The van der Waals surface area contributed by atoms with Gasteiger partial charge in [0.2, 0.25) is 0 Å². The molecule has 0 aromatic heterocycles. The Balaban J connectivity index is 0. The maximum Gasteiger partial charge on any atom is 0.194 e. The minimum Gasteiger partial charge on any atom is -0.443 e.